The Bertz CT molecular complexity index is 1010. The van der Waals surface area contributed by atoms with Gasteiger partial charge < -0.3 is 4.74 Å². The number of hydrogen-bond donors (Lipinski definition) is 0. The van der Waals surface area contributed by atoms with Gasteiger partial charge >= 0.3 is 6.18 Å². The molecule has 30 heavy (non-hydrogen) atoms. The lowest BCUT2D eigenvalue weighted by molar-refractivity contribution is -0.142. The summed E-state index contributed by atoms with van der Waals surface area (Å²) in [5, 5.41) is 6.25. The Hall–Kier alpha value is -1.97. The highest BCUT2D eigenvalue weighted by atomic mass is 32.1. The summed E-state index contributed by atoms with van der Waals surface area (Å²) in [5.74, 6) is 0.483. The average Bonchev–Trinajstić information content (AvgIpc) is 3.48. The lowest BCUT2D eigenvalue weighted by Crippen LogP contribution is -2.37. The molecular formula is C21H23F3N4OS. The normalized spacial score (nSPS) is 23.4. The van der Waals surface area contributed by atoms with Crippen molar-refractivity contribution in [2.24, 2.45) is 5.92 Å². The van der Waals surface area contributed by atoms with Gasteiger partial charge in [0.2, 0.25) is 0 Å². The highest BCUT2D eigenvalue weighted by Crippen LogP contribution is 2.36. The first-order valence-electron chi connectivity index (χ1n) is 10.3. The molecule has 3 aromatic heterocycles. The molecule has 5 heterocycles. The summed E-state index contributed by atoms with van der Waals surface area (Å²) in [6, 6.07) is 6.46. The number of hydrogen-bond acceptors (Lipinski definition) is 5. The van der Waals surface area contributed by atoms with Crippen LogP contribution in [-0.4, -0.2) is 45.8 Å². The van der Waals surface area contributed by atoms with Gasteiger partial charge in [0.05, 0.1) is 28.9 Å². The van der Waals surface area contributed by atoms with Crippen molar-refractivity contribution in [1.82, 2.24) is 19.5 Å². The minimum Gasteiger partial charge on any atom is -0.381 e. The van der Waals surface area contributed by atoms with Crippen molar-refractivity contribution in [2.45, 2.75) is 37.9 Å². The lowest BCUT2D eigenvalue weighted by Gasteiger charge is -2.36. The van der Waals surface area contributed by atoms with Gasteiger partial charge in [-0.3, -0.25) is 4.90 Å². The number of thiophene rings is 1. The SMILES string of the molecule is FC(F)(F)c1cc(-c2cccs2)nc2cc([C@@H]3CCCCN3C[C@H]3CCOC3)nn12. The summed E-state index contributed by atoms with van der Waals surface area (Å²) in [5.41, 5.74) is 0.474. The first-order valence-corrected chi connectivity index (χ1v) is 11.2. The highest BCUT2D eigenvalue weighted by molar-refractivity contribution is 7.13. The minimum absolute atomic E-state index is 0.0207. The maximum atomic E-state index is 13.8. The minimum atomic E-state index is -4.51. The molecule has 2 atom stereocenters. The van der Waals surface area contributed by atoms with Crippen LogP contribution in [0.4, 0.5) is 13.2 Å². The summed E-state index contributed by atoms with van der Waals surface area (Å²) in [6.45, 7) is 3.40. The third-order valence-electron chi connectivity index (χ3n) is 5.98. The fourth-order valence-electron chi connectivity index (χ4n) is 4.51. The third-order valence-corrected chi connectivity index (χ3v) is 6.87. The smallest absolute Gasteiger partial charge is 0.381 e. The number of rotatable bonds is 4. The van der Waals surface area contributed by atoms with Crippen molar-refractivity contribution in [1.29, 1.82) is 0 Å². The van der Waals surface area contributed by atoms with Gasteiger partial charge in [-0.05, 0) is 49.2 Å². The van der Waals surface area contributed by atoms with Crippen LogP contribution in [0.5, 0.6) is 0 Å². The van der Waals surface area contributed by atoms with Gasteiger partial charge in [0, 0.05) is 19.2 Å². The van der Waals surface area contributed by atoms with E-state index >= 15 is 0 Å². The molecule has 0 saturated carbocycles. The van der Waals surface area contributed by atoms with Gasteiger partial charge in [0.1, 0.15) is 0 Å². The maximum Gasteiger partial charge on any atom is 0.433 e. The van der Waals surface area contributed by atoms with Crippen molar-refractivity contribution >= 4 is 17.0 Å². The molecule has 2 aliphatic rings. The van der Waals surface area contributed by atoms with E-state index in [1.54, 1.807) is 12.1 Å². The molecule has 2 fully saturated rings. The zero-order valence-corrected chi connectivity index (χ0v) is 17.3. The molecule has 0 aromatic carbocycles. The number of halogens is 3. The van der Waals surface area contributed by atoms with Crippen molar-refractivity contribution in [2.75, 3.05) is 26.3 Å². The molecule has 0 radical (unpaired) electrons. The Kier molecular flexibility index (Phi) is 5.28. The van der Waals surface area contributed by atoms with Crippen LogP contribution in [0.15, 0.2) is 29.6 Å². The molecule has 3 aromatic rings. The summed E-state index contributed by atoms with van der Waals surface area (Å²) in [7, 11) is 0. The first-order chi connectivity index (χ1) is 14.5. The second kappa shape index (κ2) is 7.94. The van der Waals surface area contributed by atoms with E-state index in [2.05, 4.69) is 15.0 Å². The van der Waals surface area contributed by atoms with Crippen molar-refractivity contribution in [3.63, 3.8) is 0 Å². The Morgan fingerprint density at radius 1 is 1.20 bits per heavy atom. The van der Waals surface area contributed by atoms with Crippen LogP contribution in [0.1, 0.15) is 43.1 Å². The summed E-state index contributed by atoms with van der Waals surface area (Å²) in [4.78, 5) is 7.60. The van der Waals surface area contributed by atoms with Crippen molar-refractivity contribution in [3.8, 4) is 10.6 Å². The molecule has 0 bridgehead atoms. The number of fused-ring (bicyclic) bond motifs is 1. The third kappa shape index (κ3) is 3.86. The summed E-state index contributed by atoms with van der Waals surface area (Å²) >= 11 is 1.38. The van der Waals surface area contributed by atoms with E-state index in [1.807, 2.05) is 11.4 Å². The number of nitrogens with zero attached hydrogens (tertiary/aromatic N) is 4. The van der Waals surface area contributed by atoms with Gasteiger partial charge in [-0.2, -0.15) is 18.3 Å². The molecule has 0 aliphatic carbocycles. The monoisotopic (exact) mass is 436 g/mol. The lowest BCUT2D eigenvalue weighted by atomic mass is 9.97. The number of alkyl halides is 3. The van der Waals surface area contributed by atoms with Crippen LogP contribution in [0, 0.1) is 5.92 Å². The molecule has 2 saturated heterocycles. The predicted octanol–water partition coefficient (Wildman–Crippen LogP) is 5.04. The van der Waals surface area contributed by atoms with E-state index in [4.69, 9.17) is 4.74 Å². The predicted molar refractivity (Wildman–Crippen MR) is 108 cm³/mol. The quantitative estimate of drug-likeness (QED) is 0.575. The number of aromatic nitrogens is 3. The molecular weight excluding hydrogens is 413 g/mol. The van der Waals surface area contributed by atoms with E-state index in [-0.39, 0.29) is 11.7 Å². The maximum absolute atomic E-state index is 13.8. The molecule has 0 N–H and O–H groups in total. The number of ether oxygens (including phenoxy) is 1. The van der Waals surface area contributed by atoms with Gasteiger partial charge in [-0.15, -0.1) is 11.3 Å². The fourth-order valence-corrected chi connectivity index (χ4v) is 5.20. The Balaban J connectivity index is 1.54. The highest BCUT2D eigenvalue weighted by Gasteiger charge is 2.36. The number of likely N-dealkylation sites (tertiary alicyclic amines) is 1. The Morgan fingerprint density at radius 3 is 2.83 bits per heavy atom. The Labute approximate surface area is 176 Å². The van der Waals surface area contributed by atoms with Crippen LogP contribution in [0.3, 0.4) is 0 Å². The van der Waals surface area contributed by atoms with Gasteiger partial charge in [0.15, 0.2) is 11.3 Å². The van der Waals surface area contributed by atoms with E-state index in [0.717, 1.165) is 62.6 Å². The second-order valence-corrected chi connectivity index (χ2v) is 9.02. The average molecular weight is 437 g/mol. The largest absolute Gasteiger partial charge is 0.433 e. The number of piperidine rings is 1. The van der Waals surface area contributed by atoms with E-state index < -0.39 is 11.9 Å². The van der Waals surface area contributed by atoms with Crippen LogP contribution < -0.4 is 0 Å². The standard InChI is InChI=1S/C21H23F3N4OS/c22-21(23,24)19-10-16(18-5-3-9-30-18)25-20-11-15(26-28(19)20)17-4-1-2-7-27(17)12-14-6-8-29-13-14/h3,5,9-11,14,17H,1-2,4,6-8,12-13H2/t14-,17+/m1/s1. The van der Waals surface area contributed by atoms with E-state index in [0.29, 0.717) is 22.2 Å². The van der Waals surface area contributed by atoms with Crippen LogP contribution >= 0.6 is 11.3 Å². The second-order valence-electron chi connectivity index (χ2n) is 8.08. The van der Waals surface area contributed by atoms with Gasteiger partial charge in [-0.25, -0.2) is 9.50 Å². The summed E-state index contributed by atoms with van der Waals surface area (Å²) < 4.78 is 48.0. The molecule has 160 valence electrons. The molecule has 2 aliphatic heterocycles. The van der Waals surface area contributed by atoms with Gasteiger partial charge in [-0.1, -0.05) is 12.5 Å². The molecule has 5 rings (SSSR count). The molecule has 0 amide bonds. The first kappa shape index (κ1) is 20.0. The fraction of sp³-hybridized carbons (Fsp3) is 0.524. The van der Waals surface area contributed by atoms with Crippen molar-refractivity contribution < 1.29 is 17.9 Å². The van der Waals surface area contributed by atoms with Crippen LogP contribution in [0.2, 0.25) is 0 Å². The van der Waals surface area contributed by atoms with E-state index in [9.17, 15) is 13.2 Å². The Morgan fingerprint density at radius 2 is 2.10 bits per heavy atom. The van der Waals surface area contributed by atoms with Crippen LogP contribution in [0.25, 0.3) is 16.2 Å². The zero-order valence-electron chi connectivity index (χ0n) is 16.4. The van der Waals surface area contributed by atoms with Gasteiger partial charge in [0.25, 0.3) is 0 Å². The molecule has 5 nitrogen and oxygen atoms in total. The summed E-state index contributed by atoms with van der Waals surface area (Å²) in [6.07, 6.45) is -0.416. The zero-order chi connectivity index (χ0) is 20.7. The van der Waals surface area contributed by atoms with Crippen molar-refractivity contribution in [3.05, 3.63) is 41.0 Å². The van der Waals surface area contributed by atoms with Crippen LogP contribution in [-0.2, 0) is 10.9 Å². The molecule has 9 heteroatoms. The molecule has 0 spiro atoms. The van der Waals surface area contributed by atoms with E-state index in [1.165, 1.54) is 11.3 Å². The molecule has 0 unspecified atom stereocenters. The topological polar surface area (TPSA) is 42.7 Å².